The first kappa shape index (κ1) is 12.1. The van der Waals surface area contributed by atoms with Crippen molar-refractivity contribution < 1.29 is 0 Å². The number of aromatic nitrogens is 2. The van der Waals surface area contributed by atoms with Crippen LogP contribution in [0.2, 0.25) is 5.15 Å². The highest BCUT2D eigenvalue weighted by Crippen LogP contribution is 2.21. The van der Waals surface area contributed by atoms with Crippen molar-refractivity contribution in [3.63, 3.8) is 0 Å². The Hall–Kier alpha value is -2.00. The third kappa shape index (κ3) is 2.56. The summed E-state index contributed by atoms with van der Waals surface area (Å²) in [5.41, 5.74) is 4.33. The Kier molecular flexibility index (Phi) is 3.13. The van der Waals surface area contributed by atoms with Gasteiger partial charge in [-0.2, -0.15) is 0 Å². The zero-order valence-corrected chi connectivity index (χ0v) is 11.3. The molecular weight excluding hydrogens is 258 g/mol. The molecule has 0 saturated heterocycles. The van der Waals surface area contributed by atoms with Crippen LogP contribution in [0.25, 0.3) is 10.9 Å². The number of hydrogen-bond acceptors (Lipinski definition) is 2. The molecular formula is C15H14ClN3. The van der Waals surface area contributed by atoms with E-state index in [2.05, 4.69) is 39.6 Å². The molecule has 4 heteroatoms. The van der Waals surface area contributed by atoms with Crippen LogP contribution in [0.5, 0.6) is 0 Å². The van der Waals surface area contributed by atoms with Gasteiger partial charge in [-0.1, -0.05) is 17.7 Å². The standard InChI is InChI=1S/C15H14ClN3/c1-10-6-14(15(16)19-8-10)18-9-11-2-3-13-12(7-11)4-5-17-13/h2-8,17-18H,9H2,1H3. The van der Waals surface area contributed by atoms with Gasteiger partial charge in [-0.05, 0) is 47.7 Å². The molecule has 19 heavy (non-hydrogen) atoms. The Labute approximate surface area is 116 Å². The van der Waals surface area contributed by atoms with E-state index in [0.29, 0.717) is 5.15 Å². The van der Waals surface area contributed by atoms with Gasteiger partial charge in [-0.15, -0.1) is 0 Å². The van der Waals surface area contributed by atoms with E-state index in [9.17, 15) is 0 Å². The zero-order chi connectivity index (χ0) is 13.2. The smallest absolute Gasteiger partial charge is 0.152 e. The van der Waals surface area contributed by atoms with E-state index >= 15 is 0 Å². The van der Waals surface area contributed by atoms with E-state index in [1.165, 1.54) is 10.9 Å². The van der Waals surface area contributed by atoms with Crippen LogP contribution in [0, 0.1) is 6.92 Å². The summed E-state index contributed by atoms with van der Waals surface area (Å²) in [5.74, 6) is 0. The number of hydrogen-bond donors (Lipinski definition) is 2. The molecule has 2 aromatic heterocycles. The summed E-state index contributed by atoms with van der Waals surface area (Å²) in [7, 11) is 0. The molecule has 1 aromatic carbocycles. The van der Waals surface area contributed by atoms with E-state index in [1.807, 2.05) is 19.2 Å². The fourth-order valence-electron chi connectivity index (χ4n) is 2.09. The van der Waals surface area contributed by atoms with Crippen LogP contribution in [0.15, 0.2) is 42.7 Å². The molecule has 0 aliphatic heterocycles. The van der Waals surface area contributed by atoms with Crippen molar-refractivity contribution >= 4 is 28.2 Å². The van der Waals surface area contributed by atoms with Crippen LogP contribution in [0.1, 0.15) is 11.1 Å². The number of pyridine rings is 1. The molecule has 0 spiro atoms. The highest BCUT2D eigenvalue weighted by Gasteiger charge is 2.02. The van der Waals surface area contributed by atoms with Crippen LogP contribution in [0.4, 0.5) is 5.69 Å². The Bertz CT molecular complexity index is 718. The van der Waals surface area contributed by atoms with E-state index in [0.717, 1.165) is 23.3 Å². The van der Waals surface area contributed by atoms with Gasteiger partial charge in [0.15, 0.2) is 5.15 Å². The first-order chi connectivity index (χ1) is 9.22. The third-order valence-corrected chi connectivity index (χ3v) is 3.38. The SMILES string of the molecule is Cc1cnc(Cl)c(NCc2ccc3[nH]ccc3c2)c1. The molecule has 2 N–H and O–H groups in total. The molecule has 0 saturated carbocycles. The van der Waals surface area contributed by atoms with Gasteiger partial charge in [-0.25, -0.2) is 4.98 Å². The molecule has 0 aliphatic rings. The number of H-pyrrole nitrogens is 1. The topological polar surface area (TPSA) is 40.7 Å². The van der Waals surface area contributed by atoms with Gasteiger partial charge < -0.3 is 10.3 Å². The number of aryl methyl sites for hydroxylation is 1. The third-order valence-electron chi connectivity index (χ3n) is 3.08. The lowest BCUT2D eigenvalue weighted by Crippen LogP contribution is -2.01. The molecule has 0 aliphatic carbocycles. The number of nitrogens with zero attached hydrogens (tertiary/aromatic N) is 1. The largest absolute Gasteiger partial charge is 0.378 e. The molecule has 3 aromatic rings. The Morgan fingerprint density at radius 2 is 2.16 bits per heavy atom. The Morgan fingerprint density at radius 1 is 1.26 bits per heavy atom. The van der Waals surface area contributed by atoms with Gasteiger partial charge >= 0.3 is 0 Å². The van der Waals surface area contributed by atoms with Gasteiger partial charge in [0.1, 0.15) is 0 Å². The van der Waals surface area contributed by atoms with Crippen molar-refractivity contribution in [2.24, 2.45) is 0 Å². The first-order valence-corrected chi connectivity index (χ1v) is 6.52. The maximum Gasteiger partial charge on any atom is 0.152 e. The van der Waals surface area contributed by atoms with Crippen LogP contribution >= 0.6 is 11.6 Å². The minimum atomic E-state index is 0.508. The lowest BCUT2D eigenvalue weighted by molar-refractivity contribution is 1.13. The molecule has 0 radical (unpaired) electrons. The molecule has 3 rings (SSSR count). The summed E-state index contributed by atoms with van der Waals surface area (Å²) >= 11 is 6.06. The summed E-state index contributed by atoms with van der Waals surface area (Å²) in [6.07, 6.45) is 3.71. The van der Waals surface area contributed by atoms with Crippen molar-refractivity contribution in [3.8, 4) is 0 Å². The van der Waals surface area contributed by atoms with Gasteiger partial charge in [-0.3, -0.25) is 0 Å². The summed E-state index contributed by atoms with van der Waals surface area (Å²) in [5, 5.41) is 5.05. The molecule has 96 valence electrons. The van der Waals surface area contributed by atoms with Crippen molar-refractivity contribution in [1.29, 1.82) is 0 Å². The second-order valence-corrected chi connectivity index (χ2v) is 4.96. The number of nitrogens with one attached hydrogen (secondary N) is 2. The number of rotatable bonds is 3. The number of fused-ring (bicyclic) bond motifs is 1. The molecule has 3 nitrogen and oxygen atoms in total. The summed E-state index contributed by atoms with van der Waals surface area (Å²) in [6, 6.07) is 10.4. The summed E-state index contributed by atoms with van der Waals surface area (Å²) in [6.45, 7) is 2.73. The molecule has 2 heterocycles. The number of halogens is 1. The maximum absolute atomic E-state index is 6.06. The second kappa shape index (κ2) is 4.94. The van der Waals surface area contributed by atoms with Gasteiger partial charge in [0.25, 0.3) is 0 Å². The van der Waals surface area contributed by atoms with E-state index in [4.69, 9.17) is 11.6 Å². The average molecular weight is 272 g/mol. The van der Waals surface area contributed by atoms with Crippen LogP contribution in [0.3, 0.4) is 0 Å². The molecule has 0 bridgehead atoms. The highest BCUT2D eigenvalue weighted by molar-refractivity contribution is 6.31. The van der Waals surface area contributed by atoms with Crippen LogP contribution in [-0.2, 0) is 6.54 Å². The molecule has 0 atom stereocenters. The first-order valence-electron chi connectivity index (χ1n) is 6.14. The minimum Gasteiger partial charge on any atom is -0.378 e. The Balaban J connectivity index is 1.79. The van der Waals surface area contributed by atoms with E-state index in [-0.39, 0.29) is 0 Å². The van der Waals surface area contributed by atoms with Crippen LogP contribution in [-0.4, -0.2) is 9.97 Å². The summed E-state index contributed by atoms with van der Waals surface area (Å²) in [4.78, 5) is 7.32. The predicted molar refractivity (Wildman–Crippen MR) is 79.6 cm³/mol. The highest BCUT2D eigenvalue weighted by atomic mass is 35.5. The van der Waals surface area contributed by atoms with E-state index in [1.54, 1.807) is 6.20 Å². The van der Waals surface area contributed by atoms with Gasteiger partial charge in [0.2, 0.25) is 0 Å². The molecule has 0 amide bonds. The molecule has 0 unspecified atom stereocenters. The number of aromatic amines is 1. The van der Waals surface area contributed by atoms with Crippen molar-refractivity contribution in [3.05, 3.63) is 59.0 Å². The summed E-state index contributed by atoms with van der Waals surface area (Å²) < 4.78 is 0. The molecule has 0 fully saturated rings. The lowest BCUT2D eigenvalue weighted by Gasteiger charge is -2.08. The zero-order valence-electron chi connectivity index (χ0n) is 10.6. The van der Waals surface area contributed by atoms with Crippen molar-refractivity contribution in [2.45, 2.75) is 13.5 Å². The number of benzene rings is 1. The maximum atomic E-state index is 6.06. The predicted octanol–water partition coefficient (Wildman–Crippen LogP) is 4.14. The fourth-order valence-corrected chi connectivity index (χ4v) is 2.26. The normalized spacial score (nSPS) is 10.8. The lowest BCUT2D eigenvalue weighted by atomic mass is 10.1. The van der Waals surface area contributed by atoms with Gasteiger partial charge in [0.05, 0.1) is 5.69 Å². The number of anilines is 1. The van der Waals surface area contributed by atoms with Crippen molar-refractivity contribution in [1.82, 2.24) is 9.97 Å². The minimum absolute atomic E-state index is 0.508. The quantitative estimate of drug-likeness (QED) is 0.703. The van der Waals surface area contributed by atoms with Gasteiger partial charge in [0, 0.05) is 24.5 Å². The monoisotopic (exact) mass is 271 g/mol. The average Bonchev–Trinajstić information content (AvgIpc) is 2.87. The fraction of sp³-hybridized carbons (Fsp3) is 0.133. The van der Waals surface area contributed by atoms with E-state index < -0.39 is 0 Å². The van der Waals surface area contributed by atoms with Crippen molar-refractivity contribution in [2.75, 3.05) is 5.32 Å². The van der Waals surface area contributed by atoms with Crippen LogP contribution < -0.4 is 5.32 Å². The second-order valence-electron chi connectivity index (χ2n) is 4.60. The Morgan fingerprint density at radius 3 is 3.05 bits per heavy atom.